The fourth-order valence-corrected chi connectivity index (χ4v) is 6.04. The third-order valence-corrected chi connectivity index (χ3v) is 8.08. The first-order valence-electron chi connectivity index (χ1n) is 12.4. The van der Waals surface area contributed by atoms with Crippen molar-refractivity contribution in [3.05, 3.63) is 82.6 Å². The first-order chi connectivity index (χ1) is 18.0. The van der Waals surface area contributed by atoms with Crippen molar-refractivity contribution in [3.8, 4) is 22.8 Å². The van der Waals surface area contributed by atoms with Crippen LogP contribution >= 0.6 is 0 Å². The second-order valence-electron chi connectivity index (χ2n) is 10.3. The van der Waals surface area contributed by atoms with E-state index in [1.807, 2.05) is 37.3 Å². The molecule has 2 aliphatic rings. The summed E-state index contributed by atoms with van der Waals surface area (Å²) in [6, 6.07) is 14.7. The zero-order valence-corrected chi connectivity index (χ0v) is 22.2. The number of nitrogens with zero attached hydrogens (tertiary/aromatic N) is 1. The molecule has 0 fully saturated rings. The van der Waals surface area contributed by atoms with E-state index in [2.05, 4.69) is 9.71 Å². The Morgan fingerprint density at radius 2 is 1.89 bits per heavy atom. The lowest BCUT2D eigenvalue weighted by Gasteiger charge is -2.18. The van der Waals surface area contributed by atoms with Crippen LogP contribution < -0.4 is 9.46 Å². The number of carbonyl (C=O) groups excluding carboxylic acids is 1. The number of aryl methyl sites for hydroxylation is 1. The molecule has 5 rings (SSSR count). The highest BCUT2D eigenvalue weighted by Crippen LogP contribution is 2.44. The van der Waals surface area contributed by atoms with Crippen LogP contribution in [0, 0.1) is 6.92 Å². The van der Waals surface area contributed by atoms with Crippen LogP contribution in [0.5, 0.6) is 11.6 Å². The fourth-order valence-electron chi connectivity index (χ4n) is 5.10. The molecule has 0 saturated heterocycles. The maximum absolute atomic E-state index is 12.1. The SMILES string of the molecule is Cc1nc(OCCC(C)(C)O)ccc1-c1cccc2c1C[C@@H](O)C2c1ccc(C2=CC(=O)NS2=O)c(O)c1. The van der Waals surface area contributed by atoms with E-state index in [4.69, 9.17) is 4.74 Å². The van der Waals surface area contributed by atoms with Gasteiger partial charge in [-0.25, -0.2) is 9.19 Å². The van der Waals surface area contributed by atoms with Gasteiger partial charge in [0.1, 0.15) is 5.75 Å². The highest BCUT2D eigenvalue weighted by molar-refractivity contribution is 7.94. The molecule has 4 N–H and O–H groups in total. The van der Waals surface area contributed by atoms with Gasteiger partial charge in [0, 0.05) is 47.7 Å². The van der Waals surface area contributed by atoms with E-state index in [0.29, 0.717) is 30.9 Å². The summed E-state index contributed by atoms with van der Waals surface area (Å²) in [7, 11) is -1.71. The smallest absolute Gasteiger partial charge is 0.257 e. The van der Waals surface area contributed by atoms with Crippen LogP contribution in [0.4, 0.5) is 0 Å². The highest BCUT2D eigenvalue weighted by atomic mass is 32.2. The average Bonchev–Trinajstić information content (AvgIpc) is 3.35. The van der Waals surface area contributed by atoms with Gasteiger partial charge in [0.15, 0.2) is 11.0 Å². The molecule has 2 aromatic carbocycles. The summed E-state index contributed by atoms with van der Waals surface area (Å²) in [5.41, 5.74) is 4.93. The third-order valence-electron chi connectivity index (χ3n) is 6.96. The van der Waals surface area contributed by atoms with E-state index < -0.39 is 28.6 Å². The number of aliphatic hydroxyl groups is 2. The van der Waals surface area contributed by atoms with Gasteiger partial charge in [-0.1, -0.05) is 24.3 Å². The number of amides is 1. The number of rotatable bonds is 7. The first kappa shape index (κ1) is 26.1. The third kappa shape index (κ3) is 5.09. The lowest BCUT2D eigenvalue weighted by molar-refractivity contribution is -0.114. The first-order valence-corrected chi connectivity index (χ1v) is 13.6. The van der Waals surface area contributed by atoms with Gasteiger partial charge in [0.2, 0.25) is 5.88 Å². The van der Waals surface area contributed by atoms with Gasteiger partial charge in [0.05, 0.1) is 23.2 Å². The molecule has 0 bridgehead atoms. The van der Waals surface area contributed by atoms with Crippen LogP contribution in [0.1, 0.15) is 54.1 Å². The Morgan fingerprint density at radius 1 is 1.13 bits per heavy atom. The standard InChI is InChI=1S/C29H30N2O6S/c1-16-18(9-10-27(30-16)37-12-11-29(2,3)35)19-5-4-6-20-22(19)14-24(33)28(20)17-7-8-21(23(32)13-17)25-15-26(34)31-38(25)36/h4-10,13,15,24,28,32-33,35H,11-12,14H2,1-3H3,(H,31,34)/t24-,28?,38?/m1/s1. The van der Waals surface area contributed by atoms with Crippen molar-refractivity contribution in [2.75, 3.05) is 6.61 Å². The minimum atomic E-state index is -1.71. The van der Waals surface area contributed by atoms with Crippen molar-refractivity contribution in [3.63, 3.8) is 0 Å². The molecule has 38 heavy (non-hydrogen) atoms. The van der Waals surface area contributed by atoms with Gasteiger partial charge in [-0.3, -0.25) is 9.52 Å². The van der Waals surface area contributed by atoms with E-state index >= 15 is 0 Å². The molecule has 2 heterocycles. The normalized spacial score (nSPS) is 20.7. The number of benzene rings is 2. The van der Waals surface area contributed by atoms with E-state index in [1.54, 1.807) is 32.0 Å². The molecule has 8 nitrogen and oxygen atoms in total. The summed E-state index contributed by atoms with van der Waals surface area (Å²) < 4.78 is 20.2. The molecule has 3 atom stereocenters. The molecular formula is C29H30N2O6S. The zero-order valence-electron chi connectivity index (χ0n) is 21.4. The van der Waals surface area contributed by atoms with Crippen LogP contribution in [0.2, 0.25) is 0 Å². The fraction of sp³-hybridized carbons (Fsp3) is 0.310. The number of aromatic hydroxyl groups is 1. The quantitative estimate of drug-likeness (QED) is 0.365. The maximum Gasteiger partial charge on any atom is 0.257 e. The number of fused-ring (bicyclic) bond motifs is 1. The summed E-state index contributed by atoms with van der Waals surface area (Å²) in [5, 5.41) is 31.7. The van der Waals surface area contributed by atoms with Gasteiger partial charge < -0.3 is 20.1 Å². The van der Waals surface area contributed by atoms with Crippen molar-refractivity contribution in [2.24, 2.45) is 0 Å². The Morgan fingerprint density at radius 3 is 2.55 bits per heavy atom. The van der Waals surface area contributed by atoms with Crippen molar-refractivity contribution in [1.29, 1.82) is 0 Å². The number of aliphatic hydroxyl groups excluding tert-OH is 1. The number of carbonyl (C=O) groups is 1. The second-order valence-corrected chi connectivity index (χ2v) is 11.5. The number of aromatic nitrogens is 1. The van der Waals surface area contributed by atoms with Crippen LogP contribution in [0.3, 0.4) is 0 Å². The van der Waals surface area contributed by atoms with E-state index in [9.17, 15) is 24.3 Å². The maximum atomic E-state index is 12.1. The van der Waals surface area contributed by atoms with Gasteiger partial charge in [-0.2, -0.15) is 0 Å². The summed E-state index contributed by atoms with van der Waals surface area (Å²) in [5.74, 6) is -0.430. The van der Waals surface area contributed by atoms with Crippen LogP contribution in [0.15, 0.2) is 54.6 Å². The van der Waals surface area contributed by atoms with E-state index in [1.165, 1.54) is 6.08 Å². The molecule has 3 aromatic rings. The Bertz CT molecular complexity index is 1480. The minimum Gasteiger partial charge on any atom is -0.507 e. The van der Waals surface area contributed by atoms with Gasteiger partial charge >= 0.3 is 0 Å². The summed E-state index contributed by atoms with van der Waals surface area (Å²) >= 11 is 0. The van der Waals surface area contributed by atoms with Gasteiger partial charge in [-0.15, -0.1) is 0 Å². The molecule has 1 aliphatic heterocycles. The summed E-state index contributed by atoms with van der Waals surface area (Å²) in [6.45, 7) is 5.75. The Balaban J connectivity index is 1.44. The largest absolute Gasteiger partial charge is 0.507 e. The van der Waals surface area contributed by atoms with Crippen molar-refractivity contribution < 1.29 is 29.1 Å². The molecule has 0 radical (unpaired) electrons. The number of hydrogen-bond acceptors (Lipinski definition) is 7. The molecule has 2 unspecified atom stereocenters. The lowest BCUT2D eigenvalue weighted by atomic mass is 9.89. The van der Waals surface area contributed by atoms with E-state index in [-0.39, 0.29) is 16.6 Å². The Labute approximate surface area is 223 Å². The summed E-state index contributed by atoms with van der Waals surface area (Å²) in [4.78, 5) is 16.4. The Kier molecular flexibility index (Phi) is 6.85. The molecule has 1 amide bonds. The predicted octanol–water partition coefficient (Wildman–Crippen LogP) is 3.49. The van der Waals surface area contributed by atoms with Crippen LogP contribution in [0.25, 0.3) is 16.0 Å². The molecular weight excluding hydrogens is 504 g/mol. The average molecular weight is 535 g/mol. The van der Waals surface area contributed by atoms with Crippen molar-refractivity contribution in [2.45, 2.75) is 51.2 Å². The molecule has 198 valence electrons. The van der Waals surface area contributed by atoms with Gasteiger partial charge in [-0.05, 0) is 61.2 Å². The number of phenols is 1. The van der Waals surface area contributed by atoms with Crippen molar-refractivity contribution in [1.82, 2.24) is 9.71 Å². The van der Waals surface area contributed by atoms with Crippen LogP contribution in [-0.2, 0) is 22.2 Å². The second kappa shape index (κ2) is 9.98. The molecule has 1 aromatic heterocycles. The number of phenolic OH excluding ortho intramolecular Hbond substituents is 1. The van der Waals surface area contributed by atoms with Gasteiger partial charge in [0.25, 0.3) is 5.91 Å². The van der Waals surface area contributed by atoms with Crippen molar-refractivity contribution >= 4 is 21.8 Å². The van der Waals surface area contributed by atoms with E-state index in [0.717, 1.165) is 33.5 Å². The number of pyridine rings is 1. The zero-order chi connectivity index (χ0) is 27.2. The lowest BCUT2D eigenvalue weighted by Crippen LogP contribution is -2.22. The summed E-state index contributed by atoms with van der Waals surface area (Å²) in [6.07, 6.45) is 1.45. The number of nitrogens with one attached hydrogen (secondary N) is 1. The number of hydrogen-bond donors (Lipinski definition) is 4. The molecule has 1 aliphatic carbocycles. The van der Waals surface area contributed by atoms with Crippen LogP contribution in [-0.4, -0.2) is 48.7 Å². The highest BCUT2D eigenvalue weighted by Gasteiger charge is 2.35. The molecule has 0 spiro atoms. The molecule has 0 saturated carbocycles. The number of ether oxygens (including phenoxy) is 1. The Hall–Kier alpha value is -3.53. The topological polar surface area (TPSA) is 129 Å². The minimum absolute atomic E-state index is 0.101. The molecule has 9 heteroatoms. The monoisotopic (exact) mass is 534 g/mol. The predicted molar refractivity (Wildman–Crippen MR) is 145 cm³/mol.